The van der Waals surface area contributed by atoms with Gasteiger partial charge in [0.1, 0.15) is 6.23 Å². The van der Waals surface area contributed by atoms with Gasteiger partial charge < -0.3 is 5.11 Å². The molecule has 0 radical (unpaired) electrons. The van der Waals surface area contributed by atoms with E-state index in [0.29, 0.717) is 0 Å². The van der Waals surface area contributed by atoms with Gasteiger partial charge in [-0.1, -0.05) is 0 Å². The molecular weight excluding hydrogens is 116 g/mol. The molecule has 0 aromatic carbocycles. The Kier molecular flexibility index (Phi) is 1.22. The maximum Gasteiger partial charge on any atom is 0.120 e. The highest BCUT2D eigenvalue weighted by Gasteiger charge is 2.29. The van der Waals surface area contributed by atoms with Gasteiger partial charge >= 0.3 is 0 Å². The van der Waals surface area contributed by atoms with Crippen LogP contribution in [0.4, 0.5) is 0 Å². The van der Waals surface area contributed by atoms with Gasteiger partial charge in [0.15, 0.2) is 0 Å². The van der Waals surface area contributed by atoms with Crippen LogP contribution in [0.25, 0.3) is 0 Å². The molecule has 3 heteroatoms. The van der Waals surface area contributed by atoms with E-state index in [-0.39, 0.29) is 6.23 Å². The molecule has 3 nitrogen and oxygen atoms in total. The van der Waals surface area contributed by atoms with Crippen molar-refractivity contribution in [2.24, 2.45) is 0 Å². The Balaban J connectivity index is 2.06. The van der Waals surface area contributed by atoms with Gasteiger partial charge in [-0.15, -0.1) is 0 Å². The largest absolute Gasteiger partial charge is 0.377 e. The number of aliphatic hydroxyl groups is 1. The molecule has 9 heavy (non-hydrogen) atoms. The van der Waals surface area contributed by atoms with E-state index in [1.54, 1.807) is 0 Å². The molecule has 3 aliphatic heterocycles. The molecular formula is C6H12N2O. The summed E-state index contributed by atoms with van der Waals surface area (Å²) in [4.78, 5) is 4.45. The number of hydrogen-bond donors (Lipinski definition) is 1. The van der Waals surface area contributed by atoms with Gasteiger partial charge in [-0.2, -0.15) is 0 Å². The summed E-state index contributed by atoms with van der Waals surface area (Å²) in [5.41, 5.74) is 0. The van der Waals surface area contributed by atoms with Gasteiger partial charge in [-0.25, -0.2) is 0 Å². The Bertz CT molecular complexity index is 110. The third kappa shape index (κ3) is 0.852. The van der Waals surface area contributed by atoms with Crippen molar-refractivity contribution in [2.75, 3.05) is 32.7 Å². The van der Waals surface area contributed by atoms with Crippen molar-refractivity contribution >= 4 is 0 Å². The van der Waals surface area contributed by atoms with Crippen molar-refractivity contribution in [3.63, 3.8) is 0 Å². The fraction of sp³-hybridized carbons (Fsp3) is 1.00. The monoisotopic (exact) mass is 128 g/mol. The summed E-state index contributed by atoms with van der Waals surface area (Å²) in [5, 5.41) is 9.28. The first-order valence-corrected chi connectivity index (χ1v) is 3.51. The summed E-state index contributed by atoms with van der Waals surface area (Å²) in [5.74, 6) is 0. The normalized spacial score (nSPS) is 49.7. The Hall–Kier alpha value is -0.120. The van der Waals surface area contributed by atoms with Crippen LogP contribution in [-0.2, 0) is 0 Å². The number of piperazine rings is 3. The first kappa shape index (κ1) is 5.65. The van der Waals surface area contributed by atoms with Crippen molar-refractivity contribution in [3.05, 3.63) is 0 Å². The third-order valence-corrected chi connectivity index (χ3v) is 2.25. The van der Waals surface area contributed by atoms with E-state index in [2.05, 4.69) is 9.80 Å². The van der Waals surface area contributed by atoms with Crippen LogP contribution in [0.3, 0.4) is 0 Å². The minimum Gasteiger partial charge on any atom is -0.377 e. The molecule has 0 amide bonds. The summed E-state index contributed by atoms with van der Waals surface area (Å²) < 4.78 is 0. The minimum atomic E-state index is -0.174. The van der Waals surface area contributed by atoms with E-state index in [1.165, 1.54) is 0 Å². The first-order valence-electron chi connectivity index (χ1n) is 3.51. The molecule has 0 aromatic rings. The van der Waals surface area contributed by atoms with Crippen LogP contribution in [-0.4, -0.2) is 53.9 Å². The number of nitrogens with zero attached hydrogens (tertiary/aromatic N) is 2. The standard InChI is InChI=1S/C6H12N2O/c9-6-5-7-1-3-8(6)4-2-7/h6,9H,1-5H2/t6-/m0/s1. The van der Waals surface area contributed by atoms with Crippen LogP contribution in [0.15, 0.2) is 0 Å². The molecule has 1 atom stereocenters. The summed E-state index contributed by atoms with van der Waals surface area (Å²) in [6.45, 7) is 5.27. The maximum absolute atomic E-state index is 9.28. The molecule has 0 spiro atoms. The molecule has 0 saturated carbocycles. The van der Waals surface area contributed by atoms with Gasteiger partial charge in [-0.3, -0.25) is 9.80 Å². The number of fused-ring (bicyclic) bond motifs is 3. The minimum absolute atomic E-state index is 0.174. The third-order valence-electron chi connectivity index (χ3n) is 2.25. The molecule has 3 fully saturated rings. The van der Waals surface area contributed by atoms with E-state index in [1.807, 2.05) is 0 Å². The van der Waals surface area contributed by atoms with E-state index in [9.17, 15) is 5.11 Å². The highest BCUT2D eigenvalue weighted by Crippen LogP contribution is 2.12. The first-order chi connectivity index (χ1) is 4.36. The highest BCUT2D eigenvalue weighted by atomic mass is 16.3. The predicted molar refractivity (Wildman–Crippen MR) is 34.0 cm³/mol. The highest BCUT2D eigenvalue weighted by molar-refractivity contribution is 4.81. The van der Waals surface area contributed by atoms with Crippen LogP contribution >= 0.6 is 0 Å². The maximum atomic E-state index is 9.28. The van der Waals surface area contributed by atoms with Crippen molar-refractivity contribution in [1.82, 2.24) is 9.80 Å². The molecule has 0 unspecified atom stereocenters. The Morgan fingerprint density at radius 1 is 1.11 bits per heavy atom. The van der Waals surface area contributed by atoms with E-state index < -0.39 is 0 Å². The summed E-state index contributed by atoms with van der Waals surface area (Å²) >= 11 is 0. The van der Waals surface area contributed by atoms with Gasteiger partial charge in [0.05, 0.1) is 0 Å². The van der Waals surface area contributed by atoms with Crippen LogP contribution in [0.1, 0.15) is 0 Å². The molecule has 3 heterocycles. The Morgan fingerprint density at radius 3 is 2.00 bits per heavy atom. The zero-order chi connectivity index (χ0) is 6.27. The smallest absolute Gasteiger partial charge is 0.120 e. The molecule has 3 saturated heterocycles. The molecule has 0 aliphatic carbocycles. The van der Waals surface area contributed by atoms with Crippen LogP contribution in [0.2, 0.25) is 0 Å². The quantitative estimate of drug-likeness (QED) is 0.450. The fourth-order valence-corrected chi connectivity index (χ4v) is 1.59. The second kappa shape index (κ2) is 1.94. The lowest BCUT2D eigenvalue weighted by molar-refractivity contribution is -0.0939. The lowest BCUT2D eigenvalue weighted by Crippen LogP contribution is -2.60. The second-order valence-electron chi connectivity index (χ2n) is 2.82. The van der Waals surface area contributed by atoms with Crippen LogP contribution < -0.4 is 0 Å². The number of aliphatic hydroxyl groups excluding tert-OH is 1. The van der Waals surface area contributed by atoms with Gasteiger partial charge in [0, 0.05) is 32.7 Å². The van der Waals surface area contributed by atoms with E-state index in [4.69, 9.17) is 0 Å². The summed E-state index contributed by atoms with van der Waals surface area (Å²) in [6, 6.07) is 0. The molecule has 52 valence electrons. The lowest BCUT2D eigenvalue weighted by Gasteiger charge is -2.44. The van der Waals surface area contributed by atoms with Gasteiger partial charge in [-0.05, 0) is 0 Å². The van der Waals surface area contributed by atoms with Gasteiger partial charge in [0.25, 0.3) is 0 Å². The fourth-order valence-electron chi connectivity index (χ4n) is 1.59. The average Bonchev–Trinajstić information content (AvgIpc) is 1.90. The molecule has 3 aliphatic rings. The van der Waals surface area contributed by atoms with Crippen LogP contribution in [0, 0.1) is 0 Å². The van der Waals surface area contributed by atoms with E-state index in [0.717, 1.165) is 32.7 Å². The Labute approximate surface area is 54.9 Å². The second-order valence-corrected chi connectivity index (χ2v) is 2.82. The number of hydrogen-bond acceptors (Lipinski definition) is 3. The molecule has 2 bridgehead atoms. The lowest BCUT2D eigenvalue weighted by atomic mass is 10.2. The summed E-state index contributed by atoms with van der Waals surface area (Å²) in [6.07, 6.45) is -0.174. The zero-order valence-electron chi connectivity index (χ0n) is 5.45. The van der Waals surface area contributed by atoms with Crippen molar-refractivity contribution in [1.29, 1.82) is 0 Å². The van der Waals surface area contributed by atoms with Crippen molar-refractivity contribution in [3.8, 4) is 0 Å². The number of rotatable bonds is 0. The van der Waals surface area contributed by atoms with Crippen LogP contribution in [0.5, 0.6) is 0 Å². The van der Waals surface area contributed by atoms with E-state index >= 15 is 0 Å². The summed E-state index contributed by atoms with van der Waals surface area (Å²) in [7, 11) is 0. The average molecular weight is 128 g/mol. The SMILES string of the molecule is O[C@H]1CN2CCN1CC2. The Morgan fingerprint density at radius 2 is 1.78 bits per heavy atom. The van der Waals surface area contributed by atoms with Gasteiger partial charge in [0.2, 0.25) is 0 Å². The topological polar surface area (TPSA) is 26.7 Å². The zero-order valence-corrected chi connectivity index (χ0v) is 5.45. The predicted octanol–water partition coefficient (Wildman–Crippen LogP) is -1.06. The van der Waals surface area contributed by atoms with Crippen molar-refractivity contribution < 1.29 is 5.11 Å². The molecule has 1 N–H and O–H groups in total. The molecule has 3 rings (SSSR count). The molecule has 0 aromatic heterocycles. The van der Waals surface area contributed by atoms with Crippen molar-refractivity contribution in [2.45, 2.75) is 6.23 Å².